The fourth-order valence-corrected chi connectivity index (χ4v) is 2.80. The number of rotatable bonds is 3. The minimum Gasteiger partial charge on any atom is -0.340 e. The van der Waals surface area contributed by atoms with Crippen molar-refractivity contribution >= 4 is 11.9 Å². The predicted molar refractivity (Wildman–Crippen MR) is 77.7 cm³/mol. The van der Waals surface area contributed by atoms with Crippen molar-refractivity contribution in [3.8, 4) is 5.95 Å². The van der Waals surface area contributed by atoms with Gasteiger partial charge in [0.25, 0.3) is 5.95 Å². The number of nitrogens with one attached hydrogen (secondary N) is 1. The van der Waals surface area contributed by atoms with E-state index in [1.54, 1.807) is 6.33 Å². The molecule has 3 rings (SSSR count). The first kappa shape index (κ1) is 13.7. The Morgan fingerprint density at radius 1 is 1.14 bits per heavy atom. The Hall–Kier alpha value is -2.29. The Morgan fingerprint density at radius 3 is 2.48 bits per heavy atom. The zero-order valence-electron chi connectivity index (χ0n) is 12.1. The third-order valence-corrected chi connectivity index (χ3v) is 3.52. The zero-order valence-corrected chi connectivity index (χ0v) is 12.1. The van der Waals surface area contributed by atoms with Crippen LogP contribution >= 0.6 is 0 Å². The molecule has 2 aromatic heterocycles. The molecule has 0 radical (unpaired) electrons. The van der Waals surface area contributed by atoms with Crippen LogP contribution < -0.4 is 16.2 Å². The maximum absolute atomic E-state index is 5.46. The maximum atomic E-state index is 5.46. The molecule has 0 saturated carbocycles. The van der Waals surface area contributed by atoms with E-state index >= 15 is 0 Å². The zero-order chi connectivity index (χ0) is 14.8. The number of anilines is 2. The van der Waals surface area contributed by atoms with Crippen molar-refractivity contribution in [2.24, 2.45) is 17.7 Å². The second-order valence-corrected chi connectivity index (χ2v) is 5.59. The largest absolute Gasteiger partial charge is 0.340 e. The molecule has 2 aromatic rings. The number of hydrogen-bond donors (Lipinski definition) is 2. The summed E-state index contributed by atoms with van der Waals surface area (Å²) in [5, 5.41) is 4.04. The smallest absolute Gasteiger partial charge is 0.258 e. The second kappa shape index (κ2) is 5.60. The predicted octanol–water partition coefficient (Wildman–Crippen LogP) is 0.220. The van der Waals surface area contributed by atoms with Crippen molar-refractivity contribution in [3.05, 3.63) is 12.7 Å². The van der Waals surface area contributed by atoms with Crippen LogP contribution in [-0.2, 0) is 0 Å². The van der Waals surface area contributed by atoms with E-state index in [0.717, 1.165) is 13.1 Å². The summed E-state index contributed by atoms with van der Waals surface area (Å²) in [4.78, 5) is 19.1. The average Bonchev–Trinajstić information content (AvgIpc) is 3.00. The molecule has 9 nitrogen and oxygen atoms in total. The molecule has 0 amide bonds. The summed E-state index contributed by atoms with van der Waals surface area (Å²) in [5.41, 5.74) is 2.48. The summed E-state index contributed by atoms with van der Waals surface area (Å²) in [6.45, 7) is 6.33. The van der Waals surface area contributed by atoms with Crippen LogP contribution in [0.15, 0.2) is 12.7 Å². The van der Waals surface area contributed by atoms with E-state index < -0.39 is 0 Å². The first-order valence-electron chi connectivity index (χ1n) is 6.98. The van der Waals surface area contributed by atoms with Crippen molar-refractivity contribution in [2.45, 2.75) is 20.3 Å². The second-order valence-electron chi connectivity index (χ2n) is 5.59. The number of nitrogens with two attached hydrogens (primary N) is 1. The van der Waals surface area contributed by atoms with Crippen LogP contribution in [-0.4, -0.2) is 42.8 Å². The topological polar surface area (TPSA) is 111 Å². The summed E-state index contributed by atoms with van der Waals surface area (Å²) in [7, 11) is 0. The molecular weight excluding hydrogens is 270 g/mol. The summed E-state index contributed by atoms with van der Waals surface area (Å²) in [5.74, 6) is 8.00. The Kier molecular flexibility index (Phi) is 3.65. The molecule has 1 aliphatic rings. The summed E-state index contributed by atoms with van der Waals surface area (Å²) in [6, 6.07) is 0. The van der Waals surface area contributed by atoms with E-state index in [9.17, 15) is 0 Å². The minimum atomic E-state index is 0.316. The summed E-state index contributed by atoms with van der Waals surface area (Å²) < 4.78 is 1.49. The first-order valence-corrected chi connectivity index (χ1v) is 6.98. The number of aromatic nitrogens is 6. The molecule has 0 aliphatic carbocycles. The fraction of sp³-hybridized carbons (Fsp3) is 0.583. The highest BCUT2D eigenvalue weighted by molar-refractivity contribution is 5.39. The third kappa shape index (κ3) is 2.92. The molecule has 0 spiro atoms. The fourth-order valence-electron chi connectivity index (χ4n) is 2.80. The molecule has 9 heteroatoms. The number of nitrogens with zero attached hydrogens (tertiary/aromatic N) is 7. The highest BCUT2D eigenvalue weighted by atomic mass is 15.4. The van der Waals surface area contributed by atoms with Crippen molar-refractivity contribution in [2.75, 3.05) is 23.4 Å². The van der Waals surface area contributed by atoms with Crippen molar-refractivity contribution in [1.29, 1.82) is 0 Å². The highest BCUT2D eigenvalue weighted by Gasteiger charge is 2.24. The van der Waals surface area contributed by atoms with Gasteiger partial charge in [-0.05, 0) is 18.3 Å². The highest BCUT2D eigenvalue weighted by Crippen LogP contribution is 2.24. The molecule has 21 heavy (non-hydrogen) atoms. The molecule has 1 saturated heterocycles. The van der Waals surface area contributed by atoms with Crippen molar-refractivity contribution < 1.29 is 0 Å². The Morgan fingerprint density at radius 2 is 1.86 bits per heavy atom. The number of piperidine rings is 1. The molecule has 0 bridgehead atoms. The monoisotopic (exact) mass is 289 g/mol. The molecule has 2 unspecified atom stereocenters. The van der Waals surface area contributed by atoms with Gasteiger partial charge in [0.05, 0.1) is 0 Å². The van der Waals surface area contributed by atoms with Gasteiger partial charge in [-0.1, -0.05) is 13.8 Å². The lowest BCUT2D eigenvalue weighted by molar-refractivity contribution is 0.353. The first-order chi connectivity index (χ1) is 10.2. The molecule has 3 N–H and O–H groups in total. The Labute approximate surface area is 122 Å². The Balaban J connectivity index is 1.96. The molecule has 112 valence electrons. The molecule has 2 atom stereocenters. The maximum Gasteiger partial charge on any atom is 0.258 e. The van der Waals surface area contributed by atoms with Crippen LogP contribution in [0.5, 0.6) is 0 Å². The van der Waals surface area contributed by atoms with E-state index in [0.29, 0.717) is 29.7 Å². The summed E-state index contributed by atoms with van der Waals surface area (Å²) in [6.07, 6.45) is 4.20. The van der Waals surface area contributed by atoms with Gasteiger partial charge in [-0.25, -0.2) is 10.8 Å². The standard InChI is InChI=1S/C12H19N9/c1-8-3-9(2)5-20(4-8)11-16-10(19-13)17-12(18-11)21-7-14-6-15-21/h6-9H,3-5,13H2,1-2H3,(H,16,17,18,19). The average molecular weight is 289 g/mol. The third-order valence-electron chi connectivity index (χ3n) is 3.52. The lowest BCUT2D eigenvalue weighted by Crippen LogP contribution is -2.40. The van der Waals surface area contributed by atoms with E-state index in [4.69, 9.17) is 5.84 Å². The molecule has 1 fully saturated rings. The van der Waals surface area contributed by atoms with Gasteiger partial charge in [-0.3, -0.25) is 5.43 Å². The van der Waals surface area contributed by atoms with E-state index in [2.05, 4.69) is 49.2 Å². The van der Waals surface area contributed by atoms with Gasteiger partial charge in [0, 0.05) is 13.1 Å². The van der Waals surface area contributed by atoms with Crippen LogP contribution in [0, 0.1) is 11.8 Å². The quantitative estimate of drug-likeness (QED) is 0.610. The normalized spacial score (nSPS) is 22.3. The van der Waals surface area contributed by atoms with Crippen LogP contribution in [0.2, 0.25) is 0 Å². The van der Waals surface area contributed by atoms with Crippen molar-refractivity contribution in [1.82, 2.24) is 29.7 Å². The van der Waals surface area contributed by atoms with Gasteiger partial charge in [-0.15, -0.1) is 0 Å². The van der Waals surface area contributed by atoms with E-state index in [1.165, 1.54) is 17.4 Å². The summed E-state index contributed by atoms with van der Waals surface area (Å²) >= 11 is 0. The number of hydrazine groups is 1. The molecule has 1 aliphatic heterocycles. The van der Waals surface area contributed by atoms with Crippen LogP contribution in [0.3, 0.4) is 0 Å². The van der Waals surface area contributed by atoms with E-state index in [-0.39, 0.29) is 0 Å². The Bertz CT molecular complexity index is 587. The van der Waals surface area contributed by atoms with Gasteiger partial charge >= 0.3 is 0 Å². The molecule has 3 heterocycles. The van der Waals surface area contributed by atoms with Gasteiger partial charge < -0.3 is 4.90 Å². The van der Waals surface area contributed by atoms with Gasteiger partial charge in [-0.2, -0.15) is 24.7 Å². The lowest BCUT2D eigenvalue weighted by atomic mass is 9.92. The number of hydrogen-bond acceptors (Lipinski definition) is 8. The van der Waals surface area contributed by atoms with E-state index in [1.807, 2.05) is 0 Å². The van der Waals surface area contributed by atoms with Gasteiger partial charge in [0.2, 0.25) is 11.9 Å². The molecular formula is C12H19N9. The van der Waals surface area contributed by atoms with Crippen LogP contribution in [0.1, 0.15) is 20.3 Å². The number of nitrogen functional groups attached to an aromatic ring is 1. The minimum absolute atomic E-state index is 0.316. The molecule has 0 aromatic carbocycles. The van der Waals surface area contributed by atoms with Crippen LogP contribution in [0.25, 0.3) is 5.95 Å². The lowest BCUT2D eigenvalue weighted by Gasteiger charge is -2.35. The SMILES string of the molecule is CC1CC(C)CN(c2nc(NN)nc(-n3cncn3)n2)C1. The van der Waals surface area contributed by atoms with Crippen LogP contribution in [0.4, 0.5) is 11.9 Å². The van der Waals surface area contributed by atoms with Gasteiger partial charge in [0.1, 0.15) is 12.7 Å². The van der Waals surface area contributed by atoms with Crippen molar-refractivity contribution in [3.63, 3.8) is 0 Å². The van der Waals surface area contributed by atoms with Gasteiger partial charge in [0.15, 0.2) is 0 Å².